The zero-order chi connectivity index (χ0) is 21.9. The van der Waals surface area contributed by atoms with Crippen molar-refractivity contribution in [1.29, 1.82) is 0 Å². The molecule has 160 valence electrons. The number of sulfonamides is 1. The second-order valence-electron chi connectivity index (χ2n) is 6.55. The molecule has 2 N–H and O–H groups in total. The summed E-state index contributed by atoms with van der Waals surface area (Å²) in [5.41, 5.74) is 1.60. The number of hydrogen-bond acceptors (Lipinski definition) is 8. The third-order valence-electron chi connectivity index (χ3n) is 4.18. The molecule has 0 saturated carbocycles. The first-order chi connectivity index (χ1) is 14.8. The molecule has 0 amide bonds. The van der Waals surface area contributed by atoms with E-state index >= 15 is 0 Å². The van der Waals surface area contributed by atoms with Crippen molar-refractivity contribution in [3.8, 4) is 11.1 Å². The smallest absolute Gasteiger partial charge is 0.239 e. The molecule has 0 aliphatic carbocycles. The Kier molecular flexibility index (Phi) is 5.85. The van der Waals surface area contributed by atoms with Crippen LogP contribution in [0, 0.1) is 0 Å². The molecule has 2 aromatic heterocycles. The molecule has 0 saturated heterocycles. The van der Waals surface area contributed by atoms with Crippen molar-refractivity contribution in [3.05, 3.63) is 76.9 Å². The van der Waals surface area contributed by atoms with E-state index in [-0.39, 0.29) is 15.0 Å². The molecule has 0 radical (unpaired) electrons. The van der Waals surface area contributed by atoms with Gasteiger partial charge in [0.15, 0.2) is 5.03 Å². The lowest BCUT2D eigenvalue weighted by Crippen LogP contribution is -2.14. The molecule has 0 aliphatic rings. The summed E-state index contributed by atoms with van der Waals surface area (Å²) in [4.78, 5) is 0. The van der Waals surface area contributed by atoms with Crippen LogP contribution in [0.3, 0.4) is 0 Å². The van der Waals surface area contributed by atoms with Gasteiger partial charge < -0.3 is 0 Å². The average molecular weight is 476 g/mol. The number of anilines is 1. The van der Waals surface area contributed by atoms with E-state index in [9.17, 15) is 16.8 Å². The average Bonchev–Trinajstić information content (AvgIpc) is 3.38. The zero-order valence-electron chi connectivity index (χ0n) is 16.0. The summed E-state index contributed by atoms with van der Waals surface area (Å²) in [6, 6.07) is 17.5. The van der Waals surface area contributed by atoms with Crippen molar-refractivity contribution in [2.75, 3.05) is 4.72 Å². The minimum atomic E-state index is -3.80. The first-order valence-corrected chi connectivity index (χ1v) is 13.1. The molecule has 9 nitrogen and oxygen atoms in total. The maximum Gasteiger partial charge on any atom is 0.239 e. The summed E-state index contributed by atoms with van der Waals surface area (Å²) in [5, 5.41) is 14.5. The summed E-state index contributed by atoms with van der Waals surface area (Å²) in [6.45, 7) is 0. The number of para-hydroxylation sites is 1. The molecule has 0 bridgehead atoms. The molecule has 4 rings (SSSR count). The fourth-order valence-corrected chi connectivity index (χ4v) is 6.87. The SMILES string of the molecule is O=S(=O)(Cc1nnc(CS(=O)(=O)c2[nH]ncc2-c2ccccc2)s1)Nc1ccccc1. The highest BCUT2D eigenvalue weighted by Gasteiger charge is 2.25. The van der Waals surface area contributed by atoms with Crippen molar-refractivity contribution in [2.45, 2.75) is 16.5 Å². The number of hydrogen-bond donors (Lipinski definition) is 2. The molecule has 0 spiro atoms. The Labute approximate surface area is 183 Å². The van der Waals surface area contributed by atoms with Gasteiger partial charge >= 0.3 is 0 Å². The number of benzene rings is 2. The third-order valence-corrected chi connectivity index (χ3v) is 8.26. The first-order valence-electron chi connectivity index (χ1n) is 9.01. The van der Waals surface area contributed by atoms with Gasteiger partial charge in [-0.25, -0.2) is 16.8 Å². The standard InChI is InChI=1S/C19H17N5O4S3/c25-30(26,19-16(11-20-23-19)14-7-3-1-4-8-14)12-17-21-22-18(29-17)13-31(27,28)24-15-9-5-2-6-10-15/h1-11,24H,12-13H2,(H,20,23). The van der Waals surface area contributed by atoms with Crippen LogP contribution in [0.2, 0.25) is 0 Å². The maximum absolute atomic E-state index is 12.9. The van der Waals surface area contributed by atoms with E-state index in [1.165, 1.54) is 6.20 Å². The highest BCUT2D eigenvalue weighted by Crippen LogP contribution is 2.28. The van der Waals surface area contributed by atoms with Crippen molar-refractivity contribution in [3.63, 3.8) is 0 Å². The Morgan fingerprint density at radius 3 is 2.13 bits per heavy atom. The second-order valence-corrected chi connectivity index (χ2v) is 11.3. The highest BCUT2D eigenvalue weighted by molar-refractivity contribution is 7.92. The Morgan fingerprint density at radius 1 is 0.839 bits per heavy atom. The van der Waals surface area contributed by atoms with Crippen molar-refractivity contribution in [2.24, 2.45) is 0 Å². The third kappa shape index (κ3) is 5.16. The van der Waals surface area contributed by atoms with Gasteiger partial charge in [0.05, 0.1) is 6.20 Å². The van der Waals surface area contributed by atoms with E-state index in [0.29, 0.717) is 16.8 Å². The lowest BCUT2D eigenvalue weighted by molar-refractivity contribution is 0.590. The first kappa shape index (κ1) is 21.2. The van der Waals surface area contributed by atoms with E-state index in [2.05, 4.69) is 25.1 Å². The van der Waals surface area contributed by atoms with Gasteiger partial charge in [-0.1, -0.05) is 59.9 Å². The molecule has 0 unspecified atom stereocenters. The Morgan fingerprint density at radius 2 is 1.45 bits per heavy atom. The van der Waals surface area contributed by atoms with Gasteiger partial charge in [0.2, 0.25) is 19.9 Å². The van der Waals surface area contributed by atoms with Gasteiger partial charge in [-0.15, -0.1) is 10.2 Å². The number of rotatable bonds is 8. The van der Waals surface area contributed by atoms with E-state index in [0.717, 1.165) is 11.3 Å². The number of aromatic amines is 1. The van der Waals surface area contributed by atoms with Crippen LogP contribution in [0.4, 0.5) is 5.69 Å². The van der Waals surface area contributed by atoms with Crippen LogP contribution < -0.4 is 4.72 Å². The quantitative estimate of drug-likeness (QED) is 0.400. The minimum absolute atomic E-state index is 0.0196. The van der Waals surface area contributed by atoms with E-state index in [1.807, 2.05) is 6.07 Å². The molecular weight excluding hydrogens is 458 g/mol. The number of aromatic nitrogens is 4. The number of sulfone groups is 1. The van der Waals surface area contributed by atoms with Gasteiger partial charge in [-0.3, -0.25) is 9.82 Å². The van der Waals surface area contributed by atoms with Gasteiger partial charge in [-0.2, -0.15) is 5.10 Å². The Bertz CT molecular complexity index is 1380. The van der Waals surface area contributed by atoms with Crippen LogP contribution in [-0.4, -0.2) is 37.2 Å². The molecule has 4 aromatic rings. The Balaban J connectivity index is 1.50. The van der Waals surface area contributed by atoms with Crippen LogP contribution in [0.25, 0.3) is 11.1 Å². The summed E-state index contributed by atoms with van der Waals surface area (Å²) < 4.78 is 53.0. The summed E-state index contributed by atoms with van der Waals surface area (Å²) in [5.74, 6) is -0.822. The monoisotopic (exact) mass is 475 g/mol. The normalized spacial score (nSPS) is 12.0. The van der Waals surface area contributed by atoms with Crippen LogP contribution in [0.1, 0.15) is 10.0 Å². The van der Waals surface area contributed by atoms with Gasteiger partial charge in [0.1, 0.15) is 21.5 Å². The summed E-state index contributed by atoms with van der Waals surface area (Å²) >= 11 is 0.941. The van der Waals surface area contributed by atoms with E-state index < -0.39 is 31.4 Å². The van der Waals surface area contributed by atoms with Crippen LogP contribution in [0.15, 0.2) is 71.9 Å². The van der Waals surface area contributed by atoms with Crippen molar-refractivity contribution >= 4 is 36.9 Å². The molecule has 0 atom stereocenters. The maximum atomic E-state index is 12.9. The van der Waals surface area contributed by atoms with Crippen molar-refractivity contribution < 1.29 is 16.8 Å². The summed E-state index contributed by atoms with van der Waals surface area (Å²) in [6.07, 6.45) is 1.45. The summed E-state index contributed by atoms with van der Waals surface area (Å²) in [7, 11) is -7.51. The number of H-pyrrole nitrogens is 1. The van der Waals surface area contributed by atoms with Crippen LogP contribution in [0.5, 0.6) is 0 Å². The number of nitrogens with zero attached hydrogens (tertiary/aromatic N) is 3. The molecule has 12 heteroatoms. The minimum Gasteiger partial charge on any atom is -0.283 e. The molecule has 2 heterocycles. The zero-order valence-corrected chi connectivity index (χ0v) is 18.4. The van der Waals surface area contributed by atoms with E-state index in [4.69, 9.17) is 0 Å². The highest BCUT2D eigenvalue weighted by atomic mass is 32.2. The predicted octanol–water partition coefficient (Wildman–Crippen LogP) is 2.84. The number of nitrogens with one attached hydrogen (secondary N) is 2. The predicted molar refractivity (Wildman–Crippen MR) is 118 cm³/mol. The fourth-order valence-electron chi connectivity index (χ4n) is 2.86. The Hall–Kier alpha value is -3.09. The van der Waals surface area contributed by atoms with Crippen LogP contribution >= 0.6 is 11.3 Å². The second kappa shape index (κ2) is 8.57. The molecule has 2 aromatic carbocycles. The molecule has 0 fully saturated rings. The lowest BCUT2D eigenvalue weighted by atomic mass is 10.1. The molecular formula is C19H17N5O4S3. The molecule has 31 heavy (non-hydrogen) atoms. The van der Waals surface area contributed by atoms with Crippen LogP contribution in [-0.2, 0) is 31.4 Å². The topological polar surface area (TPSA) is 135 Å². The van der Waals surface area contributed by atoms with E-state index in [1.54, 1.807) is 54.6 Å². The van der Waals surface area contributed by atoms with Crippen molar-refractivity contribution in [1.82, 2.24) is 20.4 Å². The van der Waals surface area contributed by atoms with Gasteiger partial charge in [-0.05, 0) is 17.7 Å². The fraction of sp³-hybridized carbons (Fsp3) is 0.105. The largest absolute Gasteiger partial charge is 0.283 e. The lowest BCUT2D eigenvalue weighted by Gasteiger charge is -2.05. The van der Waals surface area contributed by atoms with Gasteiger partial charge in [0.25, 0.3) is 0 Å². The van der Waals surface area contributed by atoms with Gasteiger partial charge in [0, 0.05) is 11.3 Å². The molecule has 0 aliphatic heterocycles.